The molecule has 180 valence electrons. The van der Waals surface area contributed by atoms with Gasteiger partial charge in [0.2, 0.25) is 5.91 Å². The number of amides is 1. The number of halogens is 1. The molecule has 0 unspecified atom stereocenters. The molecular weight excluding hydrogens is 433 g/mol. The summed E-state index contributed by atoms with van der Waals surface area (Å²) in [5, 5.41) is 3.45. The number of methoxy groups -OCH3 is 1. The molecule has 3 aromatic rings. The molecule has 0 aliphatic rings. The van der Waals surface area contributed by atoms with E-state index < -0.39 is 5.82 Å². The molecule has 1 amide bonds. The molecule has 0 atom stereocenters. The largest absolute Gasteiger partial charge is 0.497 e. The first-order chi connectivity index (χ1) is 16.5. The minimum absolute atomic E-state index is 0.215. The predicted molar refractivity (Wildman–Crippen MR) is 134 cm³/mol. The number of nitrogens with one attached hydrogen (secondary N) is 1. The van der Waals surface area contributed by atoms with Crippen molar-refractivity contribution in [3.63, 3.8) is 0 Å². The van der Waals surface area contributed by atoms with Crippen molar-refractivity contribution in [3.05, 3.63) is 78.1 Å². The molecule has 0 spiro atoms. The van der Waals surface area contributed by atoms with E-state index >= 15 is 0 Å². The van der Waals surface area contributed by atoms with Crippen LogP contribution in [-0.4, -0.2) is 26.1 Å². The zero-order chi connectivity index (χ0) is 24.3. The van der Waals surface area contributed by atoms with Gasteiger partial charge in [0.15, 0.2) is 5.75 Å². The molecular formula is C27H32FN3O3. The van der Waals surface area contributed by atoms with E-state index in [9.17, 15) is 9.18 Å². The molecule has 0 saturated heterocycles. The van der Waals surface area contributed by atoms with E-state index in [1.165, 1.54) is 30.0 Å². The number of carbonyl (C=O) groups excluding carboxylic acids is 1. The van der Waals surface area contributed by atoms with Gasteiger partial charge in [-0.15, -0.1) is 0 Å². The van der Waals surface area contributed by atoms with Crippen LogP contribution < -0.4 is 25.4 Å². The highest BCUT2D eigenvalue weighted by molar-refractivity contribution is 5.93. The lowest BCUT2D eigenvalue weighted by atomic mass is 10.1. The summed E-state index contributed by atoms with van der Waals surface area (Å²) in [5.41, 5.74) is 7.67. The van der Waals surface area contributed by atoms with E-state index in [2.05, 4.69) is 5.32 Å². The Morgan fingerprint density at radius 1 is 1.00 bits per heavy atom. The summed E-state index contributed by atoms with van der Waals surface area (Å²) in [6, 6.07) is 19.1. The molecule has 0 bridgehead atoms. The maximum atomic E-state index is 14.3. The van der Waals surface area contributed by atoms with Crippen molar-refractivity contribution in [2.24, 2.45) is 5.73 Å². The van der Waals surface area contributed by atoms with Crippen molar-refractivity contribution in [1.82, 2.24) is 0 Å². The molecule has 0 saturated carbocycles. The summed E-state index contributed by atoms with van der Waals surface area (Å²) in [6.45, 7) is 3.13. The minimum Gasteiger partial charge on any atom is -0.497 e. The van der Waals surface area contributed by atoms with E-state index in [4.69, 9.17) is 15.2 Å². The van der Waals surface area contributed by atoms with E-state index in [1.54, 1.807) is 19.2 Å². The van der Waals surface area contributed by atoms with E-state index in [-0.39, 0.29) is 12.5 Å². The maximum Gasteiger partial charge on any atom is 0.224 e. The van der Waals surface area contributed by atoms with Gasteiger partial charge in [0.25, 0.3) is 0 Å². The number of hydrogen-bond donors (Lipinski definition) is 2. The highest BCUT2D eigenvalue weighted by Crippen LogP contribution is 2.35. The zero-order valence-corrected chi connectivity index (χ0v) is 19.7. The SMILES string of the molecule is COc1ccc(NCCCCCN)c(CN(C(C)=O)c2cc(F)ccc2Oc2ccccc2)c1. The number of ether oxygens (including phenoxy) is 2. The minimum atomic E-state index is -0.453. The van der Waals surface area contributed by atoms with Crippen LogP contribution in [0.2, 0.25) is 0 Å². The first kappa shape index (κ1) is 25.1. The monoisotopic (exact) mass is 465 g/mol. The van der Waals surface area contributed by atoms with Crippen LogP contribution >= 0.6 is 0 Å². The predicted octanol–water partition coefficient (Wildman–Crippen LogP) is 5.72. The Morgan fingerprint density at radius 2 is 1.79 bits per heavy atom. The molecule has 3 rings (SSSR count). The van der Waals surface area contributed by atoms with Crippen molar-refractivity contribution in [1.29, 1.82) is 0 Å². The van der Waals surface area contributed by atoms with Crippen LogP contribution in [0.15, 0.2) is 66.7 Å². The smallest absolute Gasteiger partial charge is 0.224 e. The van der Waals surface area contributed by atoms with Crippen LogP contribution in [-0.2, 0) is 11.3 Å². The average molecular weight is 466 g/mol. The van der Waals surface area contributed by atoms with Gasteiger partial charge in [0, 0.05) is 25.2 Å². The van der Waals surface area contributed by atoms with Gasteiger partial charge in [-0.25, -0.2) is 4.39 Å². The number of rotatable bonds is 12. The van der Waals surface area contributed by atoms with Crippen LogP contribution in [0.1, 0.15) is 31.7 Å². The van der Waals surface area contributed by atoms with Crippen molar-refractivity contribution in [3.8, 4) is 17.2 Å². The third-order valence-corrected chi connectivity index (χ3v) is 5.40. The fourth-order valence-electron chi connectivity index (χ4n) is 3.61. The van der Waals surface area contributed by atoms with Gasteiger partial charge in [-0.1, -0.05) is 24.6 Å². The maximum absolute atomic E-state index is 14.3. The van der Waals surface area contributed by atoms with Crippen LogP contribution in [0.4, 0.5) is 15.8 Å². The molecule has 7 heteroatoms. The summed E-state index contributed by atoms with van der Waals surface area (Å²) < 4.78 is 25.7. The molecule has 6 nitrogen and oxygen atoms in total. The Balaban J connectivity index is 1.90. The lowest BCUT2D eigenvalue weighted by Gasteiger charge is -2.25. The quantitative estimate of drug-likeness (QED) is 0.335. The second-order valence-electron chi connectivity index (χ2n) is 7.93. The molecule has 0 aliphatic heterocycles. The number of carbonyl (C=O) groups is 1. The van der Waals surface area contributed by atoms with Gasteiger partial charge in [0.05, 0.1) is 19.3 Å². The van der Waals surface area contributed by atoms with Gasteiger partial charge in [-0.3, -0.25) is 4.79 Å². The lowest BCUT2D eigenvalue weighted by Crippen LogP contribution is -2.29. The molecule has 0 aromatic heterocycles. The topological polar surface area (TPSA) is 76.8 Å². The number of nitrogens with two attached hydrogens (primary N) is 1. The van der Waals surface area contributed by atoms with E-state index in [0.717, 1.165) is 37.1 Å². The number of benzene rings is 3. The number of para-hydroxylation sites is 1. The van der Waals surface area contributed by atoms with E-state index in [1.807, 2.05) is 36.4 Å². The second-order valence-corrected chi connectivity index (χ2v) is 7.93. The van der Waals surface area contributed by atoms with Gasteiger partial charge in [-0.2, -0.15) is 0 Å². The van der Waals surface area contributed by atoms with Gasteiger partial charge in [-0.05, 0) is 67.4 Å². The van der Waals surface area contributed by atoms with Gasteiger partial charge < -0.3 is 25.4 Å². The summed E-state index contributed by atoms with van der Waals surface area (Å²) in [7, 11) is 1.60. The molecule has 3 aromatic carbocycles. The lowest BCUT2D eigenvalue weighted by molar-refractivity contribution is -0.116. The number of hydrogen-bond acceptors (Lipinski definition) is 5. The fourth-order valence-corrected chi connectivity index (χ4v) is 3.61. The Hall–Kier alpha value is -3.58. The van der Waals surface area contributed by atoms with Crippen molar-refractivity contribution in [2.45, 2.75) is 32.7 Å². The Kier molecular flexibility index (Phi) is 9.29. The van der Waals surface area contributed by atoms with Crippen LogP contribution in [0, 0.1) is 5.82 Å². The van der Waals surface area contributed by atoms with E-state index in [0.29, 0.717) is 29.5 Å². The Labute approximate surface area is 200 Å². The number of anilines is 2. The summed E-state index contributed by atoms with van der Waals surface area (Å²) >= 11 is 0. The highest BCUT2D eigenvalue weighted by Gasteiger charge is 2.20. The van der Waals surface area contributed by atoms with Crippen LogP contribution in [0.5, 0.6) is 17.2 Å². The molecule has 0 fully saturated rings. The molecule has 0 radical (unpaired) electrons. The van der Waals surface area contributed by atoms with Crippen LogP contribution in [0.3, 0.4) is 0 Å². The number of nitrogens with zero attached hydrogens (tertiary/aromatic N) is 1. The van der Waals surface area contributed by atoms with Crippen molar-refractivity contribution < 1.29 is 18.7 Å². The van der Waals surface area contributed by atoms with Gasteiger partial charge in [0.1, 0.15) is 17.3 Å². The standard InChI is InChI=1S/C27H32FN3O3/c1-20(32)31(26-18-22(28)11-14-27(26)34-23-9-5-3-6-10-23)19-21-17-24(33-2)12-13-25(21)30-16-8-4-7-15-29/h3,5-6,9-14,17-18,30H,4,7-8,15-16,19,29H2,1-2H3. The average Bonchev–Trinajstić information content (AvgIpc) is 2.84. The summed E-state index contributed by atoms with van der Waals surface area (Å²) in [5.74, 6) is 0.972. The second kappa shape index (κ2) is 12.6. The highest BCUT2D eigenvalue weighted by atomic mass is 19.1. The number of unbranched alkanes of at least 4 members (excludes halogenated alkanes) is 2. The summed E-state index contributed by atoms with van der Waals surface area (Å²) in [4.78, 5) is 14.3. The Morgan fingerprint density at radius 3 is 2.50 bits per heavy atom. The molecule has 3 N–H and O–H groups in total. The molecule has 0 aliphatic carbocycles. The van der Waals surface area contributed by atoms with Gasteiger partial charge >= 0.3 is 0 Å². The third kappa shape index (κ3) is 6.96. The third-order valence-electron chi connectivity index (χ3n) is 5.40. The first-order valence-corrected chi connectivity index (χ1v) is 11.4. The molecule has 0 heterocycles. The zero-order valence-electron chi connectivity index (χ0n) is 19.7. The van der Waals surface area contributed by atoms with Crippen molar-refractivity contribution >= 4 is 17.3 Å². The van der Waals surface area contributed by atoms with Crippen LogP contribution in [0.25, 0.3) is 0 Å². The van der Waals surface area contributed by atoms with Crippen molar-refractivity contribution in [2.75, 3.05) is 30.4 Å². The first-order valence-electron chi connectivity index (χ1n) is 11.4. The Bertz CT molecular complexity index is 1080. The fraction of sp³-hybridized carbons (Fsp3) is 0.296. The normalized spacial score (nSPS) is 10.6. The summed E-state index contributed by atoms with van der Waals surface area (Å²) in [6.07, 6.45) is 3.01. The molecule has 34 heavy (non-hydrogen) atoms.